The standard InChI is InChI=1S/C16H15NO3S/c18-15(14-2-1-9-21-14)17-16(5-6-16)11-3-4-12-13(10-11)20-8-7-19-12/h1-4,9-10H,5-8H2,(H,17,18). The summed E-state index contributed by atoms with van der Waals surface area (Å²) in [6, 6.07) is 9.69. The van der Waals surface area contributed by atoms with Crippen molar-refractivity contribution < 1.29 is 14.3 Å². The van der Waals surface area contributed by atoms with Gasteiger partial charge >= 0.3 is 0 Å². The highest BCUT2D eigenvalue weighted by atomic mass is 32.1. The summed E-state index contributed by atoms with van der Waals surface area (Å²) in [5.41, 5.74) is 0.855. The second kappa shape index (κ2) is 4.77. The molecule has 0 spiro atoms. The third-order valence-corrected chi connectivity index (χ3v) is 4.81. The molecule has 1 N–H and O–H groups in total. The van der Waals surface area contributed by atoms with E-state index in [0.29, 0.717) is 13.2 Å². The van der Waals surface area contributed by atoms with E-state index in [4.69, 9.17) is 9.47 Å². The number of carbonyl (C=O) groups is 1. The van der Waals surface area contributed by atoms with Crippen molar-refractivity contribution in [1.82, 2.24) is 5.32 Å². The summed E-state index contributed by atoms with van der Waals surface area (Å²) in [5.74, 6) is 1.55. The second-order valence-corrected chi connectivity index (χ2v) is 6.32. The predicted octanol–water partition coefficient (Wildman–Crippen LogP) is 2.94. The van der Waals surface area contributed by atoms with Crippen LogP contribution in [0.25, 0.3) is 0 Å². The van der Waals surface area contributed by atoms with Gasteiger partial charge in [-0.25, -0.2) is 0 Å². The Morgan fingerprint density at radius 3 is 2.67 bits per heavy atom. The van der Waals surface area contributed by atoms with Gasteiger partial charge in [0.15, 0.2) is 11.5 Å². The summed E-state index contributed by atoms with van der Waals surface area (Å²) in [5, 5.41) is 5.08. The molecular weight excluding hydrogens is 286 g/mol. The number of fused-ring (bicyclic) bond motifs is 1. The van der Waals surface area contributed by atoms with Crippen molar-refractivity contribution in [3.8, 4) is 11.5 Å². The first-order valence-electron chi connectivity index (χ1n) is 7.03. The number of nitrogens with one attached hydrogen (secondary N) is 1. The van der Waals surface area contributed by atoms with Crippen LogP contribution in [0, 0.1) is 0 Å². The van der Waals surface area contributed by atoms with Crippen molar-refractivity contribution in [2.24, 2.45) is 0 Å². The zero-order chi connectivity index (χ0) is 14.3. The molecule has 1 aromatic carbocycles. The summed E-state index contributed by atoms with van der Waals surface area (Å²) in [6.45, 7) is 1.16. The largest absolute Gasteiger partial charge is 0.486 e. The fraction of sp³-hybridized carbons (Fsp3) is 0.312. The van der Waals surface area contributed by atoms with Crippen LogP contribution in [0.5, 0.6) is 11.5 Å². The van der Waals surface area contributed by atoms with Gasteiger partial charge in [-0.05, 0) is 42.0 Å². The molecule has 108 valence electrons. The summed E-state index contributed by atoms with van der Waals surface area (Å²) in [7, 11) is 0. The molecular formula is C16H15NO3S. The minimum absolute atomic E-state index is 0.00242. The van der Waals surface area contributed by atoms with Gasteiger partial charge in [-0.1, -0.05) is 12.1 Å². The lowest BCUT2D eigenvalue weighted by molar-refractivity contribution is 0.0934. The molecule has 4 rings (SSSR count). The highest BCUT2D eigenvalue weighted by Gasteiger charge is 2.46. The summed E-state index contributed by atoms with van der Waals surface area (Å²) < 4.78 is 11.2. The minimum Gasteiger partial charge on any atom is -0.486 e. The summed E-state index contributed by atoms with van der Waals surface area (Å²) >= 11 is 1.46. The van der Waals surface area contributed by atoms with Crippen LogP contribution < -0.4 is 14.8 Å². The molecule has 5 heteroatoms. The number of ether oxygens (including phenoxy) is 2. The topological polar surface area (TPSA) is 47.6 Å². The molecule has 1 fully saturated rings. The van der Waals surface area contributed by atoms with Crippen LogP contribution in [0.3, 0.4) is 0 Å². The van der Waals surface area contributed by atoms with Gasteiger partial charge < -0.3 is 14.8 Å². The van der Waals surface area contributed by atoms with E-state index >= 15 is 0 Å². The summed E-state index contributed by atoms with van der Waals surface area (Å²) in [6.07, 6.45) is 1.92. The lowest BCUT2D eigenvalue weighted by Gasteiger charge is -2.22. The van der Waals surface area contributed by atoms with Gasteiger partial charge in [0.2, 0.25) is 0 Å². The highest BCUT2D eigenvalue weighted by Crippen LogP contribution is 2.48. The van der Waals surface area contributed by atoms with Crippen LogP contribution in [0.2, 0.25) is 0 Å². The van der Waals surface area contributed by atoms with Crippen LogP contribution >= 0.6 is 11.3 Å². The van der Waals surface area contributed by atoms with Crippen molar-refractivity contribution in [3.63, 3.8) is 0 Å². The van der Waals surface area contributed by atoms with Gasteiger partial charge in [0.05, 0.1) is 10.4 Å². The van der Waals surface area contributed by atoms with Crippen LogP contribution in [0.1, 0.15) is 28.1 Å². The van der Waals surface area contributed by atoms with Crippen LogP contribution in [-0.4, -0.2) is 19.1 Å². The maximum absolute atomic E-state index is 12.3. The van der Waals surface area contributed by atoms with Crippen molar-refractivity contribution in [1.29, 1.82) is 0 Å². The molecule has 2 aliphatic rings. The van der Waals surface area contributed by atoms with E-state index in [-0.39, 0.29) is 11.4 Å². The molecule has 4 nitrogen and oxygen atoms in total. The first kappa shape index (κ1) is 12.7. The normalized spacial score (nSPS) is 18.1. The first-order chi connectivity index (χ1) is 10.3. The molecule has 1 aliphatic heterocycles. The number of rotatable bonds is 3. The molecule has 1 saturated carbocycles. The van der Waals surface area contributed by atoms with Gasteiger partial charge in [-0.2, -0.15) is 0 Å². The number of hydrogen-bond donors (Lipinski definition) is 1. The van der Waals surface area contributed by atoms with Gasteiger partial charge in [-0.15, -0.1) is 11.3 Å². The fourth-order valence-corrected chi connectivity index (χ4v) is 3.26. The predicted molar refractivity (Wildman–Crippen MR) is 80.1 cm³/mol. The molecule has 0 bridgehead atoms. The second-order valence-electron chi connectivity index (χ2n) is 5.37. The van der Waals surface area contributed by atoms with E-state index in [1.807, 2.05) is 35.7 Å². The third-order valence-electron chi connectivity index (χ3n) is 3.94. The molecule has 0 atom stereocenters. The van der Waals surface area contributed by atoms with Crippen LogP contribution in [-0.2, 0) is 5.54 Å². The Morgan fingerprint density at radius 2 is 1.95 bits per heavy atom. The zero-order valence-electron chi connectivity index (χ0n) is 11.4. The maximum atomic E-state index is 12.3. The SMILES string of the molecule is O=C(NC1(c2ccc3c(c2)OCCO3)CC1)c1cccs1. The van der Waals surface area contributed by atoms with Crippen molar-refractivity contribution in [2.75, 3.05) is 13.2 Å². The number of carbonyl (C=O) groups excluding carboxylic acids is 1. The average Bonchev–Trinajstić information content (AvgIpc) is 3.09. The smallest absolute Gasteiger partial charge is 0.262 e. The molecule has 1 aliphatic carbocycles. The van der Waals surface area contributed by atoms with Gasteiger partial charge in [0.25, 0.3) is 5.91 Å². The lowest BCUT2D eigenvalue weighted by Crippen LogP contribution is -2.34. The van der Waals surface area contributed by atoms with Crippen LogP contribution in [0.4, 0.5) is 0 Å². The molecule has 0 unspecified atom stereocenters. The van der Waals surface area contributed by atoms with E-state index in [0.717, 1.165) is 34.8 Å². The Kier molecular flexibility index (Phi) is 2.89. The third kappa shape index (κ3) is 2.27. The molecule has 0 saturated heterocycles. The Bertz CT molecular complexity index is 677. The van der Waals surface area contributed by atoms with E-state index in [2.05, 4.69) is 5.32 Å². The number of thiophene rings is 1. The molecule has 2 aromatic rings. The average molecular weight is 301 g/mol. The Hall–Kier alpha value is -2.01. The molecule has 1 amide bonds. The lowest BCUT2D eigenvalue weighted by atomic mass is 10.0. The minimum atomic E-state index is -0.239. The Labute approximate surface area is 126 Å². The zero-order valence-corrected chi connectivity index (χ0v) is 12.2. The molecule has 0 radical (unpaired) electrons. The van der Waals surface area contributed by atoms with Gasteiger partial charge in [-0.3, -0.25) is 4.79 Å². The number of hydrogen-bond acceptors (Lipinski definition) is 4. The molecule has 21 heavy (non-hydrogen) atoms. The highest BCUT2D eigenvalue weighted by molar-refractivity contribution is 7.12. The quantitative estimate of drug-likeness (QED) is 0.948. The molecule has 1 aromatic heterocycles. The summed E-state index contributed by atoms with van der Waals surface area (Å²) in [4.78, 5) is 13.0. The van der Waals surface area contributed by atoms with Crippen molar-refractivity contribution in [3.05, 3.63) is 46.2 Å². The maximum Gasteiger partial charge on any atom is 0.262 e. The van der Waals surface area contributed by atoms with E-state index in [9.17, 15) is 4.79 Å². The fourth-order valence-electron chi connectivity index (χ4n) is 2.64. The van der Waals surface area contributed by atoms with E-state index in [1.54, 1.807) is 0 Å². The Balaban J connectivity index is 1.59. The van der Waals surface area contributed by atoms with Gasteiger partial charge in [0.1, 0.15) is 13.2 Å². The molecule has 2 heterocycles. The van der Waals surface area contributed by atoms with Crippen molar-refractivity contribution >= 4 is 17.2 Å². The van der Waals surface area contributed by atoms with Gasteiger partial charge in [0, 0.05) is 0 Å². The van der Waals surface area contributed by atoms with E-state index in [1.165, 1.54) is 11.3 Å². The van der Waals surface area contributed by atoms with E-state index < -0.39 is 0 Å². The first-order valence-corrected chi connectivity index (χ1v) is 7.91. The Morgan fingerprint density at radius 1 is 1.14 bits per heavy atom. The van der Waals surface area contributed by atoms with Crippen LogP contribution in [0.15, 0.2) is 35.7 Å². The van der Waals surface area contributed by atoms with Crippen molar-refractivity contribution in [2.45, 2.75) is 18.4 Å². The monoisotopic (exact) mass is 301 g/mol. The number of benzene rings is 1. The number of amides is 1.